The van der Waals surface area contributed by atoms with Crippen molar-refractivity contribution in [2.75, 3.05) is 0 Å². The summed E-state index contributed by atoms with van der Waals surface area (Å²) in [7, 11) is 0. The number of aryl methyl sites for hydroxylation is 2. The number of hydrogen-bond acceptors (Lipinski definition) is 4. The van der Waals surface area contributed by atoms with Crippen LogP contribution >= 0.6 is 0 Å². The second-order valence-corrected chi connectivity index (χ2v) is 6.21. The summed E-state index contributed by atoms with van der Waals surface area (Å²) in [5, 5.41) is 6.76. The van der Waals surface area contributed by atoms with Crippen LogP contribution in [0.5, 0.6) is 0 Å². The normalized spacial score (nSPS) is 11.7. The number of rotatable bonds is 5. The Kier molecular flexibility index (Phi) is 5.11. The third-order valence-corrected chi connectivity index (χ3v) is 4.33. The predicted molar refractivity (Wildman–Crippen MR) is 91.9 cm³/mol. The van der Waals surface area contributed by atoms with Gasteiger partial charge in [0.25, 0.3) is 5.78 Å². The highest BCUT2D eigenvalue weighted by Gasteiger charge is 2.30. The summed E-state index contributed by atoms with van der Waals surface area (Å²) in [5.74, 6) is 0.257. The van der Waals surface area contributed by atoms with Gasteiger partial charge < -0.3 is 5.32 Å². The van der Waals surface area contributed by atoms with Crippen LogP contribution in [0.4, 0.5) is 13.2 Å². The maximum Gasteiger partial charge on any atom is 0.416 e. The van der Waals surface area contributed by atoms with Gasteiger partial charge in [-0.15, -0.1) is 0 Å². The Balaban J connectivity index is 1.61. The summed E-state index contributed by atoms with van der Waals surface area (Å²) in [6, 6.07) is 4.92. The van der Waals surface area contributed by atoms with Gasteiger partial charge in [-0.3, -0.25) is 4.79 Å². The molecule has 0 atom stereocenters. The number of carbonyl (C=O) groups excluding carboxylic acids is 1. The van der Waals surface area contributed by atoms with E-state index in [9.17, 15) is 18.0 Å². The van der Waals surface area contributed by atoms with E-state index in [0.29, 0.717) is 17.8 Å². The Bertz CT molecular complexity index is 981. The molecule has 2 heterocycles. The molecule has 142 valence electrons. The van der Waals surface area contributed by atoms with Crippen LogP contribution in [0.15, 0.2) is 30.6 Å². The number of hydrogen-bond donors (Lipinski definition) is 1. The summed E-state index contributed by atoms with van der Waals surface area (Å²) in [5.41, 5.74) is 2.21. The fraction of sp³-hybridized carbons (Fsp3) is 0.333. The second-order valence-electron chi connectivity index (χ2n) is 6.21. The SMILES string of the molecule is Cc1nc2ncnn2c(C)c1CCC(=O)NCc1cccc(C(F)(F)F)c1. The Hall–Kier alpha value is -2.97. The Labute approximate surface area is 153 Å². The van der Waals surface area contributed by atoms with Crippen LogP contribution in [0.25, 0.3) is 5.78 Å². The molecule has 1 N–H and O–H groups in total. The van der Waals surface area contributed by atoms with Gasteiger partial charge in [0.1, 0.15) is 6.33 Å². The van der Waals surface area contributed by atoms with E-state index < -0.39 is 11.7 Å². The lowest BCUT2D eigenvalue weighted by atomic mass is 10.1. The van der Waals surface area contributed by atoms with Crippen LogP contribution in [0.3, 0.4) is 0 Å². The summed E-state index contributed by atoms with van der Waals surface area (Å²) >= 11 is 0. The van der Waals surface area contributed by atoms with Gasteiger partial charge >= 0.3 is 6.18 Å². The van der Waals surface area contributed by atoms with Crippen LogP contribution in [-0.4, -0.2) is 25.5 Å². The van der Waals surface area contributed by atoms with Crippen molar-refractivity contribution in [3.63, 3.8) is 0 Å². The zero-order valence-electron chi connectivity index (χ0n) is 14.8. The van der Waals surface area contributed by atoms with Gasteiger partial charge in [0.15, 0.2) is 0 Å². The van der Waals surface area contributed by atoms with E-state index >= 15 is 0 Å². The first-order valence-corrected chi connectivity index (χ1v) is 8.34. The molecule has 0 fully saturated rings. The largest absolute Gasteiger partial charge is 0.416 e. The molecule has 0 aliphatic heterocycles. The molecule has 0 aliphatic rings. The molecule has 0 unspecified atom stereocenters. The first-order chi connectivity index (χ1) is 12.8. The van der Waals surface area contributed by atoms with Crippen molar-refractivity contribution in [2.45, 2.75) is 39.4 Å². The third kappa shape index (κ3) is 4.24. The van der Waals surface area contributed by atoms with Crippen molar-refractivity contribution in [3.8, 4) is 0 Å². The van der Waals surface area contributed by atoms with Crippen molar-refractivity contribution in [3.05, 3.63) is 58.7 Å². The molecule has 0 bridgehead atoms. The number of carbonyl (C=O) groups is 1. The van der Waals surface area contributed by atoms with E-state index in [-0.39, 0.29) is 18.9 Å². The van der Waals surface area contributed by atoms with Gasteiger partial charge in [0, 0.05) is 24.4 Å². The number of amides is 1. The van der Waals surface area contributed by atoms with E-state index in [4.69, 9.17) is 0 Å². The molecule has 3 aromatic rings. The molecule has 0 saturated carbocycles. The zero-order valence-corrected chi connectivity index (χ0v) is 14.8. The van der Waals surface area contributed by atoms with E-state index in [1.165, 1.54) is 12.4 Å². The first-order valence-electron chi connectivity index (χ1n) is 8.34. The maximum atomic E-state index is 12.7. The number of fused-ring (bicyclic) bond motifs is 1. The van der Waals surface area contributed by atoms with Crippen LogP contribution in [0.1, 0.15) is 34.5 Å². The van der Waals surface area contributed by atoms with Gasteiger partial charge in [0.2, 0.25) is 5.91 Å². The van der Waals surface area contributed by atoms with Gasteiger partial charge in [-0.25, -0.2) is 9.50 Å². The van der Waals surface area contributed by atoms with Crippen LogP contribution in [-0.2, 0) is 23.9 Å². The minimum Gasteiger partial charge on any atom is -0.352 e. The summed E-state index contributed by atoms with van der Waals surface area (Å²) in [6.07, 6.45) is -2.33. The molecular weight excluding hydrogens is 359 g/mol. The van der Waals surface area contributed by atoms with E-state index in [1.54, 1.807) is 10.6 Å². The molecule has 1 amide bonds. The molecule has 0 spiro atoms. The smallest absolute Gasteiger partial charge is 0.352 e. The summed E-state index contributed by atoms with van der Waals surface area (Å²) < 4.78 is 39.8. The predicted octanol–water partition coefficient (Wildman–Crippen LogP) is 3.01. The Morgan fingerprint density at radius 3 is 2.78 bits per heavy atom. The Morgan fingerprint density at radius 1 is 1.26 bits per heavy atom. The lowest BCUT2D eigenvalue weighted by Gasteiger charge is -2.11. The van der Waals surface area contributed by atoms with Crippen LogP contribution in [0, 0.1) is 13.8 Å². The number of nitrogens with zero attached hydrogens (tertiary/aromatic N) is 4. The molecule has 2 aromatic heterocycles. The number of alkyl halides is 3. The van der Waals surface area contributed by atoms with Crippen LogP contribution in [0.2, 0.25) is 0 Å². The highest BCUT2D eigenvalue weighted by Crippen LogP contribution is 2.29. The van der Waals surface area contributed by atoms with Gasteiger partial charge in [0.05, 0.1) is 5.56 Å². The summed E-state index contributed by atoms with van der Waals surface area (Å²) in [6.45, 7) is 3.77. The standard InChI is InChI=1S/C18H18F3N5O/c1-11-15(12(2)26-17(25-11)23-10-24-26)6-7-16(27)22-9-13-4-3-5-14(8-13)18(19,20)21/h3-5,8,10H,6-7,9H2,1-2H3,(H,22,27). The lowest BCUT2D eigenvalue weighted by molar-refractivity contribution is -0.137. The topological polar surface area (TPSA) is 72.2 Å². The third-order valence-electron chi connectivity index (χ3n) is 4.33. The number of halogens is 3. The van der Waals surface area contributed by atoms with E-state index in [1.807, 2.05) is 13.8 Å². The van der Waals surface area contributed by atoms with Crippen molar-refractivity contribution >= 4 is 11.7 Å². The molecule has 0 saturated heterocycles. The van der Waals surface area contributed by atoms with E-state index in [2.05, 4.69) is 20.4 Å². The van der Waals surface area contributed by atoms with Crippen molar-refractivity contribution in [1.82, 2.24) is 24.9 Å². The monoisotopic (exact) mass is 377 g/mol. The molecule has 27 heavy (non-hydrogen) atoms. The number of aromatic nitrogens is 4. The molecule has 3 rings (SSSR count). The second kappa shape index (κ2) is 7.34. The lowest BCUT2D eigenvalue weighted by Crippen LogP contribution is -2.23. The van der Waals surface area contributed by atoms with Crippen molar-refractivity contribution in [1.29, 1.82) is 0 Å². The van der Waals surface area contributed by atoms with Gasteiger partial charge in [-0.1, -0.05) is 12.1 Å². The molecule has 0 aliphatic carbocycles. The fourth-order valence-electron chi connectivity index (χ4n) is 2.90. The minimum atomic E-state index is -4.40. The Morgan fingerprint density at radius 2 is 2.04 bits per heavy atom. The molecular formula is C18H18F3N5O. The average Bonchev–Trinajstić information content (AvgIpc) is 3.08. The summed E-state index contributed by atoms with van der Waals surface area (Å²) in [4.78, 5) is 20.5. The fourth-order valence-corrected chi connectivity index (χ4v) is 2.90. The zero-order chi connectivity index (χ0) is 19.6. The van der Waals surface area contributed by atoms with Crippen LogP contribution < -0.4 is 5.32 Å². The molecule has 1 aromatic carbocycles. The molecule has 6 nitrogen and oxygen atoms in total. The number of benzene rings is 1. The minimum absolute atomic E-state index is 0.0427. The van der Waals surface area contributed by atoms with Crippen molar-refractivity contribution in [2.24, 2.45) is 0 Å². The van der Waals surface area contributed by atoms with Gasteiger partial charge in [-0.2, -0.15) is 23.3 Å². The first kappa shape index (κ1) is 18.8. The van der Waals surface area contributed by atoms with Gasteiger partial charge in [-0.05, 0) is 43.5 Å². The molecule has 0 radical (unpaired) electrons. The van der Waals surface area contributed by atoms with Crippen molar-refractivity contribution < 1.29 is 18.0 Å². The highest BCUT2D eigenvalue weighted by atomic mass is 19.4. The molecule has 9 heteroatoms. The number of nitrogens with one attached hydrogen (secondary N) is 1. The highest BCUT2D eigenvalue weighted by molar-refractivity contribution is 5.76. The average molecular weight is 377 g/mol. The quantitative estimate of drug-likeness (QED) is 0.742. The van der Waals surface area contributed by atoms with E-state index in [0.717, 1.165) is 29.1 Å². The maximum absolute atomic E-state index is 12.7.